The van der Waals surface area contributed by atoms with Crippen LogP contribution in [-0.4, -0.2) is 0 Å². The largest absolute Gasteiger partial charge is 0.0465 e. The lowest BCUT2D eigenvalue weighted by Crippen LogP contribution is -2.00. The summed E-state index contributed by atoms with van der Waals surface area (Å²) in [6.45, 7) is 0. The molecule has 0 bridgehead atoms. The highest BCUT2D eigenvalue weighted by Crippen LogP contribution is 2.77. The summed E-state index contributed by atoms with van der Waals surface area (Å²) in [5.74, 6) is 5.09. The maximum Gasteiger partial charge on any atom is -0.0349 e. The molecule has 0 heteroatoms. The van der Waals surface area contributed by atoms with Crippen LogP contribution in [-0.2, 0) is 0 Å². The minimum Gasteiger partial charge on any atom is -0.0465 e. The molecule has 3 saturated carbocycles. The first-order chi connectivity index (χ1) is 2.97. The van der Waals surface area contributed by atoms with Gasteiger partial charge in [0.2, 0.25) is 0 Å². The van der Waals surface area contributed by atoms with E-state index < -0.39 is 0 Å². The molecule has 0 aromatic heterocycles. The van der Waals surface area contributed by atoms with Crippen LogP contribution in [0.5, 0.6) is 0 Å². The number of rotatable bonds is 0. The normalized spacial score (nSPS) is 80.0. The fraction of sp³-hybridized carbons (Fsp3) is 1.00. The molecule has 3 fully saturated rings. The first-order valence-corrected chi connectivity index (χ1v) is 2.97. The molecule has 0 spiro atoms. The Kier molecular flexibility index (Phi) is 0.159. The average Bonchev–Trinajstić information content (AvgIpc) is 2.04. The second-order valence-electron chi connectivity index (χ2n) is 3.13. The molecule has 3 aliphatic rings. The van der Waals surface area contributed by atoms with Crippen molar-refractivity contribution in [3.05, 3.63) is 0 Å². The van der Waals surface area contributed by atoms with E-state index in [1.54, 1.807) is 12.8 Å². The Hall–Kier alpha value is 0. The van der Waals surface area contributed by atoms with Gasteiger partial charge in [0.1, 0.15) is 0 Å². The first kappa shape index (κ1) is 2.34. The maximum absolute atomic E-state index is 1.62. The molecule has 0 saturated heterocycles. The SMILES string of the molecule is C1C2C1C1CC21. The maximum atomic E-state index is 1.62. The van der Waals surface area contributed by atoms with Gasteiger partial charge in [0.25, 0.3) is 0 Å². The molecule has 3 aliphatic carbocycles. The first-order valence-electron chi connectivity index (χ1n) is 2.97. The third-order valence-corrected chi connectivity index (χ3v) is 2.88. The minimum atomic E-state index is 1.27. The van der Waals surface area contributed by atoms with Crippen molar-refractivity contribution >= 4 is 0 Å². The van der Waals surface area contributed by atoms with E-state index in [4.69, 9.17) is 0 Å². The summed E-state index contributed by atoms with van der Waals surface area (Å²) in [5, 5.41) is 0. The van der Waals surface area contributed by atoms with Crippen LogP contribution in [0.15, 0.2) is 0 Å². The van der Waals surface area contributed by atoms with Gasteiger partial charge in [-0.05, 0) is 36.5 Å². The molecule has 0 aromatic rings. The zero-order valence-electron chi connectivity index (χ0n) is 3.72. The van der Waals surface area contributed by atoms with Gasteiger partial charge < -0.3 is 0 Å². The van der Waals surface area contributed by atoms with Gasteiger partial charge in [-0.25, -0.2) is 0 Å². The van der Waals surface area contributed by atoms with Gasteiger partial charge in [0, 0.05) is 0 Å². The van der Waals surface area contributed by atoms with Crippen molar-refractivity contribution < 1.29 is 0 Å². The van der Waals surface area contributed by atoms with Crippen LogP contribution in [0.2, 0.25) is 0 Å². The van der Waals surface area contributed by atoms with Gasteiger partial charge in [-0.2, -0.15) is 0 Å². The standard InChI is InChI=1S/C6H8/c1-3-4(1)6-2-5(3)6/h3-6H,1-2H2. The molecule has 0 heterocycles. The quantitative estimate of drug-likeness (QED) is 0.411. The topological polar surface area (TPSA) is 0 Å². The highest BCUT2D eigenvalue weighted by molar-refractivity contribution is 5.18. The summed E-state index contributed by atoms with van der Waals surface area (Å²) in [4.78, 5) is 0. The zero-order chi connectivity index (χ0) is 3.72. The Morgan fingerprint density at radius 1 is 0.667 bits per heavy atom. The van der Waals surface area contributed by atoms with Gasteiger partial charge >= 0.3 is 0 Å². The zero-order valence-corrected chi connectivity index (χ0v) is 3.72. The third-order valence-electron chi connectivity index (χ3n) is 2.88. The monoisotopic (exact) mass is 80.1 g/mol. The number of hydrogen-bond donors (Lipinski definition) is 0. The van der Waals surface area contributed by atoms with Gasteiger partial charge in [0.15, 0.2) is 0 Å². The molecular weight excluding hydrogens is 72.1 g/mol. The Bertz CT molecular complexity index is 72.6. The highest BCUT2D eigenvalue weighted by Gasteiger charge is 2.70. The minimum absolute atomic E-state index is 1.27. The summed E-state index contributed by atoms with van der Waals surface area (Å²) in [6, 6.07) is 0. The molecule has 0 radical (unpaired) electrons. The van der Waals surface area contributed by atoms with Crippen molar-refractivity contribution in [2.24, 2.45) is 23.7 Å². The summed E-state index contributed by atoms with van der Waals surface area (Å²) in [7, 11) is 0. The van der Waals surface area contributed by atoms with Crippen molar-refractivity contribution in [1.82, 2.24) is 0 Å². The van der Waals surface area contributed by atoms with Gasteiger partial charge in [0.05, 0.1) is 0 Å². The molecule has 0 aromatic carbocycles. The van der Waals surface area contributed by atoms with Crippen molar-refractivity contribution in [3.8, 4) is 0 Å². The molecule has 3 rings (SSSR count). The van der Waals surface area contributed by atoms with E-state index >= 15 is 0 Å². The van der Waals surface area contributed by atoms with E-state index in [0.29, 0.717) is 0 Å². The molecule has 0 nitrogen and oxygen atoms in total. The summed E-state index contributed by atoms with van der Waals surface area (Å²) < 4.78 is 0. The second kappa shape index (κ2) is 0.408. The molecule has 0 aliphatic heterocycles. The van der Waals surface area contributed by atoms with Crippen molar-refractivity contribution in [1.29, 1.82) is 0 Å². The van der Waals surface area contributed by atoms with Crippen molar-refractivity contribution in [2.45, 2.75) is 12.8 Å². The van der Waals surface area contributed by atoms with Crippen LogP contribution < -0.4 is 0 Å². The summed E-state index contributed by atoms with van der Waals surface area (Å²) >= 11 is 0. The highest BCUT2D eigenvalue weighted by atomic mass is 14.7. The molecule has 0 amide bonds. The Labute approximate surface area is 37.5 Å². The van der Waals surface area contributed by atoms with E-state index in [9.17, 15) is 0 Å². The number of hydrogen-bond acceptors (Lipinski definition) is 0. The van der Waals surface area contributed by atoms with E-state index in [-0.39, 0.29) is 0 Å². The Morgan fingerprint density at radius 2 is 1.00 bits per heavy atom. The van der Waals surface area contributed by atoms with Crippen molar-refractivity contribution in [2.75, 3.05) is 0 Å². The van der Waals surface area contributed by atoms with Crippen LogP contribution in [0.3, 0.4) is 0 Å². The predicted octanol–water partition coefficient (Wildman–Crippen LogP) is 1.27. The smallest absolute Gasteiger partial charge is 0.0349 e. The van der Waals surface area contributed by atoms with Crippen LogP contribution in [0.25, 0.3) is 0 Å². The molecule has 0 atom stereocenters. The lowest BCUT2D eigenvalue weighted by atomic mass is 10.0. The molecular formula is C6H8. The van der Waals surface area contributed by atoms with Crippen LogP contribution in [0, 0.1) is 23.7 Å². The van der Waals surface area contributed by atoms with Gasteiger partial charge in [-0.3, -0.25) is 0 Å². The van der Waals surface area contributed by atoms with Crippen LogP contribution >= 0.6 is 0 Å². The molecule has 6 heavy (non-hydrogen) atoms. The fourth-order valence-electron chi connectivity index (χ4n) is 2.30. The third kappa shape index (κ3) is 0.0900. The van der Waals surface area contributed by atoms with E-state index in [1.807, 2.05) is 0 Å². The van der Waals surface area contributed by atoms with Gasteiger partial charge in [-0.15, -0.1) is 0 Å². The molecule has 32 valence electrons. The van der Waals surface area contributed by atoms with Crippen LogP contribution in [0.1, 0.15) is 12.8 Å². The predicted molar refractivity (Wildman–Crippen MR) is 23.2 cm³/mol. The Balaban J connectivity index is 2.15. The second-order valence-corrected chi connectivity index (χ2v) is 3.13. The lowest BCUT2D eigenvalue weighted by molar-refractivity contribution is 0.434. The summed E-state index contributed by atoms with van der Waals surface area (Å²) in [6.07, 6.45) is 3.24. The molecule has 0 N–H and O–H groups in total. The fourth-order valence-corrected chi connectivity index (χ4v) is 2.30. The number of fused-ring (bicyclic) bond motifs is 4. The van der Waals surface area contributed by atoms with E-state index in [2.05, 4.69) is 0 Å². The Morgan fingerprint density at radius 3 is 1.17 bits per heavy atom. The average molecular weight is 80.1 g/mol. The lowest BCUT2D eigenvalue weighted by Gasteiger charge is -2.03. The van der Waals surface area contributed by atoms with Gasteiger partial charge in [-0.1, -0.05) is 0 Å². The molecule has 0 unspecified atom stereocenters. The van der Waals surface area contributed by atoms with Crippen molar-refractivity contribution in [3.63, 3.8) is 0 Å². The van der Waals surface area contributed by atoms with E-state index in [0.717, 1.165) is 0 Å². The van der Waals surface area contributed by atoms with Crippen LogP contribution in [0.4, 0.5) is 0 Å². The van der Waals surface area contributed by atoms with E-state index in [1.165, 1.54) is 23.7 Å². The summed E-state index contributed by atoms with van der Waals surface area (Å²) in [5.41, 5.74) is 0.